The van der Waals surface area contributed by atoms with Crippen LogP contribution in [0.5, 0.6) is 0 Å². The van der Waals surface area contributed by atoms with Gasteiger partial charge in [0.15, 0.2) is 0 Å². The van der Waals surface area contributed by atoms with Crippen LogP contribution >= 0.6 is 11.3 Å². The highest BCUT2D eigenvalue weighted by atomic mass is 32.1. The first-order valence-electron chi connectivity index (χ1n) is 11.5. The van der Waals surface area contributed by atoms with Crippen LogP contribution in [0.25, 0.3) is 11.3 Å². The molecular weight excluding hydrogens is 460 g/mol. The first-order valence-corrected chi connectivity index (χ1v) is 12.3. The van der Waals surface area contributed by atoms with Gasteiger partial charge in [0.1, 0.15) is 16.5 Å². The Morgan fingerprint density at radius 3 is 2.60 bits per heavy atom. The van der Waals surface area contributed by atoms with E-state index in [0.717, 1.165) is 36.8 Å². The minimum atomic E-state index is -1.01. The van der Waals surface area contributed by atoms with Gasteiger partial charge < -0.3 is 14.8 Å². The van der Waals surface area contributed by atoms with E-state index in [4.69, 9.17) is 4.42 Å². The molecule has 2 N–H and O–H groups in total. The van der Waals surface area contributed by atoms with Gasteiger partial charge in [-0.1, -0.05) is 48.5 Å². The second-order valence-corrected chi connectivity index (χ2v) is 9.45. The second-order valence-electron chi connectivity index (χ2n) is 8.37. The number of rotatable bonds is 7. The Morgan fingerprint density at radius 2 is 1.77 bits per heavy atom. The number of amides is 1. The normalized spacial score (nSPS) is 13.0. The largest absolute Gasteiger partial charge is 0.478 e. The number of hydrogen-bond acceptors (Lipinski definition) is 5. The third kappa shape index (κ3) is 4.95. The number of benzene rings is 2. The Kier molecular flexibility index (Phi) is 6.59. The molecule has 0 saturated carbocycles. The van der Waals surface area contributed by atoms with Crippen molar-refractivity contribution in [2.24, 2.45) is 4.99 Å². The SMILES string of the molecule is O=C(O)c1ccccc1-c1ccc(C=Nc2sc3c(c2C(=O)NCc2ccccc2)CCCC3)o1. The van der Waals surface area contributed by atoms with Gasteiger partial charge in [0.25, 0.3) is 5.91 Å². The van der Waals surface area contributed by atoms with E-state index in [-0.39, 0.29) is 11.5 Å². The van der Waals surface area contributed by atoms with Crippen molar-refractivity contribution in [3.63, 3.8) is 0 Å². The van der Waals surface area contributed by atoms with E-state index in [2.05, 4.69) is 10.3 Å². The number of carbonyl (C=O) groups excluding carboxylic acids is 1. The monoisotopic (exact) mass is 484 g/mol. The highest BCUT2D eigenvalue weighted by Gasteiger charge is 2.25. The number of hydrogen-bond donors (Lipinski definition) is 2. The van der Waals surface area contributed by atoms with Crippen LogP contribution in [0.15, 0.2) is 76.1 Å². The van der Waals surface area contributed by atoms with Crippen molar-refractivity contribution < 1.29 is 19.1 Å². The van der Waals surface area contributed by atoms with Crippen LogP contribution in [0, 0.1) is 0 Å². The molecule has 1 aliphatic rings. The third-order valence-electron chi connectivity index (χ3n) is 6.03. The lowest BCUT2D eigenvalue weighted by molar-refractivity contribution is 0.0697. The topological polar surface area (TPSA) is 91.9 Å². The predicted molar refractivity (Wildman–Crippen MR) is 137 cm³/mol. The molecule has 6 nitrogen and oxygen atoms in total. The second kappa shape index (κ2) is 10.1. The van der Waals surface area contributed by atoms with Gasteiger partial charge in [-0.05, 0) is 55.0 Å². The van der Waals surface area contributed by atoms with Gasteiger partial charge in [-0.3, -0.25) is 4.79 Å². The van der Waals surface area contributed by atoms with E-state index in [0.29, 0.717) is 34.2 Å². The zero-order valence-electron chi connectivity index (χ0n) is 19.0. The van der Waals surface area contributed by atoms with Gasteiger partial charge in [0.05, 0.1) is 17.3 Å². The van der Waals surface area contributed by atoms with Crippen LogP contribution < -0.4 is 5.32 Å². The number of carboxylic acid groups (broad SMARTS) is 1. The minimum absolute atomic E-state index is 0.115. The fourth-order valence-corrected chi connectivity index (χ4v) is 5.55. The van der Waals surface area contributed by atoms with Gasteiger partial charge in [-0.25, -0.2) is 9.79 Å². The molecule has 5 rings (SSSR count). The number of thiophene rings is 1. The van der Waals surface area contributed by atoms with E-state index in [1.54, 1.807) is 53.9 Å². The highest BCUT2D eigenvalue weighted by Crippen LogP contribution is 2.40. The molecule has 4 aromatic rings. The Hall–Kier alpha value is -3.97. The summed E-state index contributed by atoms with van der Waals surface area (Å²) in [6.07, 6.45) is 5.62. The van der Waals surface area contributed by atoms with Crippen LogP contribution in [-0.2, 0) is 19.4 Å². The predicted octanol–water partition coefficient (Wildman–Crippen LogP) is 6.27. The first-order chi connectivity index (χ1) is 17.1. The zero-order chi connectivity index (χ0) is 24.2. The molecule has 1 aliphatic carbocycles. The Bertz CT molecular complexity index is 1400. The molecule has 0 spiro atoms. The Morgan fingerprint density at radius 1 is 1.00 bits per heavy atom. The summed E-state index contributed by atoms with van der Waals surface area (Å²) >= 11 is 1.56. The van der Waals surface area contributed by atoms with Crippen molar-refractivity contribution in [2.45, 2.75) is 32.2 Å². The molecule has 0 atom stereocenters. The smallest absolute Gasteiger partial charge is 0.336 e. The number of aromatic carboxylic acids is 1. The van der Waals surface area contributed by atoms with Crippen molar-refractivity contribution in [1.29, 1.82) is 0 Å². The number of furan rings is 1. The molecule has 2 aromatic heterocycles. The van der Waals surface area contributed by atoms with E-state index in [9.17, 15) is 14.7 Å². The minimum Gasteiger partial charge on any atom is -0.478 e. The number of aliphatic imine (C=N–C) groups is 1. The number of nitrogens with one attached hydrogen (secondary N) is 1. The van der Waals surface area contributed by atoms with Crippen LogP contribution in [0.3, 0.4) is 0 Å². The van der Waals surface area contributed by atoms with E-state index >= 15 is 0 Å². The molecular formula is C28H24N2O4S. The van der Waals surface area contributed by atoms with Crippen molar-refractivity contribution in [2.75, 3.05) is 0 Å². The molecule has 35 heavy (non-hydrogen) atoms. The maximum absolute atomic E-state index is 13.2. The summed E-state index contributed by atoms with van der Waals surface area (Å²) in [5.41, 5.74) is 3.48. The average molecular weight is 485 g/mol. The quantitative estimate of drug-likeness (QED) is 0.303. The summed E-state index contributed by atoms with van der Waals surface area (Å²) in [5.74, 6) is -0.184. The lowest BCUT2D eigenvalue weighted by Gasteiger charge is -2.12. The molecule has 7 heteroatoms. The molecule has 2 aromatic carbocycles. The summed E-state index contributed by atoms with van der Waals surface area (Å²) in [4.78, 5) is 30.6. The first kappa shape index (κ1) is 22.8. The number of aryl methyl sites for hydroxylation is 1. The number of nitrogens with zero attached hydrogens (tertiary/aromatic N) is 1. The maximum Gasteiger partial charge on any atom is 0.336 e. The van der Waals surface area contributed by atoms with E-state index < -0.39 is 5.97 Å². The summed E-state index contributed by atoms with van der Waals surface area (Å²) < 4.78 is 5.88. The van der Waals surface area contributed by atoms with Crippen molar-refractivity contribution in [3.05, 3.63) is 99.6 Å². The lowest BCUT2D eigenvalue weighted by Crippen LogP contribution is -2.24. The Labute approximate surface area is 207 Å². The molecule has 2 heterocycles. The van der Waals surface area contributed by atoms with Crippen LogP contribution in [0.4, 0.5) is 5.00 Å². The molecule has 1 amide bonds. The van der Waals surface area contributed by atoms with Gasteiger partial charge in [0.2, 0.25) is 0 Å². The summed E-state index contributed by atoms with van der Waals surface area (Å²) in [6, 6.07) is 20.0. The van der Waals surface area contributed by atoms with E-state index in [1.807, 2.05) is 30.3 Å². The number of carboxylic acids is 1. The fraction of sp³-hybridized carbons (Fsp3) is 0.179. The fourth-order valence-electron chi connectivity index (χ4n) is 4.32. The van der Waals surface area contributed by atoms with Gasteiger partial charge in [0, 0.05) is 17.0 Å². The summed E-state index contributed by atoms with van der Waals surface area (Å²) in [5, 5.41) is 13.2. The van der Waals surface area contributed by atoms with Gasteiger partial charge >= 0.3 is 5.97 Å². The van der Waals surface area contributed by atoms with Crippen molar-refractivity contribution >= 4 is 34.4 Å². The van der Waals surface area contributed by atoms with Crippen LogP contribution in [-0.4, -0.2) is 23.2 Å². The van der Waals surface area contributed by atoms with Gasteiger partial charge in [-0.15, -0.1) is 11.3 Å². The molecule has 0 radical (unpaired) electrons. The standard InChI is InChI=1S/C28H24N2O4S/c31-26(29-16-18-8-2-1-3-9-18)25-22-12-6-7-13-24(22)35-27(25)30-17-19-14-15-23(34-19)20-10-4-5-11-21(20)28(32)33/h1-5,8-11,14-15,17H,6-7,12-13,16H2,(H,29,31)(H,32,33). The Balaban J connectivity index is 1.41. The zero-order valence-corrected chi connectivity index (χ0v) is 19.8. The molecule has 176 valence electrons. The summed E-state index contributed by atoms with van der Waals surface area (Å²) in [6.45, 7) is 0.456. The number of fused-ring (bicyclic) bond motifs is 1. The molecule has 0 saturated heterocycles. The van der Waals surface area contributed by atoms with E-state index in [1.165, 1.54) is 4.88 Å². The third-order valence-corrected chi connectivity index (χ3v) is 7.23. The molecule has 0 bridgehead atoms. The molecule has 0 unspecified atom stereocenters. The van der Waals surface area contributed by atoms with Crippen molar-refractivity contribution in [1.82, 2.24) is 5.32 Å². The van der Waals surface area contributed by atoms with Crippen LogP contribution in [0.2, 0.25) is 0 Å². The van der Waals surface area contributed by atoms with Gasteiger partial charge in [-0.2, -0.15) is 0 Å². The lowest BCUT2D eigenvalue weighted by atomic mass is 9.95. The number of carbonyl (C=O) groups is 2. The molecule has 0 fully saturated rings. The highest BCUT2D eigenvalue weighted by molar-refractivity contribution is 7.16. The average Bonchev–Trinajstić information content (AvgIpc) is 3.51. The maximum atomic E-state index is 13.2. The summed E-state index contributed by atoms with van der Waals surface area (Å²) in [7, 11) is 0. The van der Waals surface area contributed by atoms with Crippen LogP contribution in [0.1, 0.15) is 55.3 Å². The molecule has 0 aliphatic heterocycles. The van der Waals surface area contributed by atoms with Crippen molar-refractivity contribution in [3.8, 4) is 11.3 Å².